The number of carbonyl (C=O) groups is 1. The predicted molar refractivity (Wildman–Crippen MR) is 125 cm³/mol. The van der Waals surface area contributed by atoms with Crippen LogP contribution in [0.4, 0.5) is 0 Å². The van der Waals surface area contributed by atoms with Crippen molar-refractivity contribution in [2.24, 2.45) is 23.2 Å². The molecule has 5 aliphatic rings. The van der Waals surface area contributed by atoms with E-state index in [9.17, 15) is 13.2 Å². The number of piperazine rings is 1. The van der Waals surface area contributed by atoms with Gasteiger partial charge in [-0.1, -0.05) is 18.5 Å². The summed E-state index contributed by atoms with van der Waals surface area (Å²) in [7, 11) is -3.65. The second kappa shape index (κ2) is 8.57. The summed E-state index contributed by atoms with van der Waals surface area (Å²) in [5.41, 5.74) is 0.476. The van der Waals surface area contributed by atoms with Gasteiger partial charge in [-0.2, -0.15) is 4.31 Å². The van der Waals surface area contributed by atoms with E-state index in [0.717, 1.165) is 37.4 Å². The Hall–Kier alpha value is -1.15. The molecule has 4 saturated carbocycles. The van der Waals surface area contributed by atoms with Crippen LogP contribution in [-0.4, -0.2) is 62.8 Å². The first-order valence-electron chi connectivity index (χ1n) is 12.1. The SMILES string of the molecule is CCN1CCN(S(=O)(=O)c2ccc(Cl)c(C(=O)NCC34CC5CC(CC(C5)C3)C4)c2)CC1. The van der Waals surface area contributed by atoms with Crippen LogP contribution in [0.3, 0.4) is 0 Å². The number of sulfonamides is 1. The molecule has 0 atom stereocenters. The molecule has 0 unspecified atom stereocenters. The lowest BCUT2D eigenvalue weighted by molar-refractivity contribution is -0.0503. The van der Waals surface area contributed by atoms with Crippen LogP contribution in [0, 0.1) is 23.2 Å². The standard InChI is InChI=1S/C24H34ClN3O3S/c1-2-27-5-7-28(8-6-27)32(30,31)20-3-4-22(25)21(12-20)23(29)26-16-24-13-17-9-18(14-24)11-19(10-17)15-24/h3-4,12,17-19H,2,5-11,13-16H2,1H3,(H,26,29). The van der Waals surface area contributed by atoms with E-state index >= 15 is 0 Å². The Morgan fingerprint density at radius 3 is 2.22 bits per heavy atom. The number of hydrogen-bond acceptors (Lipinski definition) is 4. The number of hydrogen-bond donors (Lipinski definition) is 1. The number of likely N-dealkylation sites (N-methyl/N-ethyl adjacent to an activating group) is 1. The van der Waals surface area contributed by atoms with Gasteiger partial charge in [-0.3, -0.25) is 4.79 Å². The van der Waals surface area contributed by atoms with Crippen LogP contribution in [0.25, 0.3) is 0 Å². The van der Waals surface area contributed by atoms with Crippen LogP contribution < -0.4 is 5.32 Å². The highest BCUT2D eigenvalue weighted by Crippen LogP contribution is 2.59. The van der Waals surface area contributed by atoms with Gasteiger partial charge in [0.1, 0.15) is 0 Å². The number of amides is 1. The molecule has 1 N–H and O–H groups in total. The molecule has 1 amide bonds. The maximum Gasteiger partial charge on any atom is 0.252 e. The quantitative estimate of drug-likeness (QED) is 0.676. The van der Waals surface area contributed by atoms with Crippen molar-refractivity contribution in [3.8, 4) is 0 Å². The van der Waals surface area contributed by atoms with Crippen LogP contribution in [0.15, 0.2) is 23.1 Å². The zero-order valence-corrected chi connectivity index (χ0v) is 20.4. The summed E-state index contributed by atoms with van der Waals surface area (Å²) in [6.45, 7) is 6.05. The van der Waals surface area contributed by atoms with Gasteiger partial charge in [0.2, 0.25) is 10.0 Å². The third-order valence-corrected chi connectivity index (χ3v) is 10.6. The molecule has 1 aromatic rings. The van der Waals surface area contributed by atoms with E-state index in [-0.39, 0.29) is 21.8 Å². The summed E-state index contributed by atoms with van der Waals surface area (Å²) in [6.07, 6.45) is 7.74. The fourth-order valence-corrected chi connectivity index (χ4v) is 8.80. The molecule has 176 valence electrons. The van der Waals surface area contributed by atoms with Crippen molar-refractivity contribution in [2.45, 2.75) is 50.3 Å². The number of halogens is 1. The van der Waals surface area contributed by atoms with Crippen molar-refractivity contribution in [1.29, 1.82) is 0 Å². The van der Waals surface area contributed by atoms with Crippen molar-refractivity contribution in [1.82, 2.24) is 14.5 Å². The normalized spacial score (nSPS) is 32.9. The molecular formula is C24H34ClN3O3S. The van der Waals surface area contributed by atoms with Gasteiger partial charge < -0.3 is 10.2 Å². The average molecular weight is 480 g/mol. The molecule has 4 aliphatic carbocycles. The topological polar surface area (TPSA) is 69.7 Å². The molecule has 1 heterocycles. The maximum atomic E-state index is 13.2. The molecule has 6 nitrogen and oxygen atoms in total. The lowest BCUT2D eigenvalue weighted by atomic mass is 9.49. The minimum atomic E-state index is -3.65. The molecule has 1 aliphatic heterocycles. The summed E-state index contributed by atoms with van der Waals surface area (Å²) in [4.78, 5) is 15.5. The second-order valence-electron chi connectivity index (χ2n) is 10.6. The largest absolute Gasteiger partial charge is 0.351 e. The lowest BCUT2D eigenvalue weighted by Gasteiger charge is -2.56. The molecule has 8 heteroatoms. The molecule has 5 fully saturated rings. The van der Waals surface area contributed by atoms with E-state index in [0.29, 0.717) is 24.7 Å². The Bertz CT molecular complexity index is 953. The molecule has 1 saturated heterocycles. The van der Waals surface area contributed by atoms with E-state index in [2.05, 4.69) is 17.1 Å². The van der Waals surface area contributed by atoms with E-state index < -0.39 is 10.0 Å². The number of nitrogens with zero attached hydrogens (tertiary/aromatic N) is 2. The average Bonchev–Trinajstić information content (AvgIpc) is 2.77. The minimum absolute atomic E-state index is 0.145. The summed E-state index contributed by atoms with van der Waals surface area (Å²) < 4.78 is 27.9. The second-order valence-corrected chi connectivity index (χ2v) is 12.9. The van der Waals surface area contributed by atoms with Crippen molar-refractivity contribution < 1.29 is 13.2 Å². The zero-order chi connectivity index (χ0) is 22.5. The highest BCUT2D eigenvalue weighted by molar-refractivity contribution is 7.89. The van der Waals surface area contributed by atoms with Crippen molar-refractivity contribution in [2.75, 3.05) is 39.3 Å². The van der Waals surface area contributed by atoms with Crippen molar-refractivity contribution in [3.05, 3.63) is 28.8 Å². The van der Waals surface area contributed by atoms with Crippen molar-refractivity contribution in [3.63, 3.8) is 0 Å². The molecule has 0 aromatic heterocycles. The Morgan fingerprint density at radius 1 is 1.06 bits per heavy atom. The van der Waals surface area contributed by atoms with Gasteiger partial charge >= 0.3 is 0 Å². The number of benzene rings is 1. The molecule has 0 spiro atoms. The van der Waals surface area contributed by atoms with E-state index in [1.807, 2.05) is 0 Å². The third kappa shape index (κ3) is 4.22. The zero-order valence-electron chi connectivity index (χ0n) is 18.9. The van der Waals surface area contributed by atoms with Gasteiger partial charge in [0.25, 0.3) is 5.91 Å². The number of carbonyl (C=O) groups excluding carboxylic acids is 1. The first kappa shape index (κ1) is 22.6. The highest BCUT2D eigenvalue weighted by Gasteiger charge is 2.50. The molecular weight excluding hydrogens is 446 g/mol. The Kier molecular flexibility index (Phi) is 6.06. The van der Waals surface area contributed by atoms with Gasteiger partial charge in [-0.25, -0.2) is 8.42 Å². The molecule has 4 bridgehead atoms. The number of rotatable bonds is 6. The summed E-state index contributed by atoms with van der Waals surface area (Å²) in [6, 6.07) is 4.51. The van der Waals surface area contributed by atoms with Crippen LogP contribution in [0.1, 0.15) is 55.8 Å². The Morgan fingerprint density at radius 2 is 1.66 bits per heavy atom. The lowest BCUT2D eigenvalue weighted by Crippen LogP contribution is -2.51. The van der Waals surface area contributed by atoms with Crippen molar-refractivity contribution >= 4 is 27.5 Å². The highest BCUT2D eigenvalue weighted by atomic mass is 35.5. The monoisotopic (exact) mass is 479 g/mol. The van der Waals surface area contributed by atoms with E-state index in [1.54, 1.807) is 0 Å². The first-order chi connectivity index (χ1) is 15.3. The Labute approximate surface area is 196 Å². The minimum Gasteiger partial charge on any atom is -0.351 e. The number of nitrogens with one attached hydrogen (secondary N) is 1. The fraction of sp³-hybridized carbons (Fsp3) is 0.708. The summed E-state index contributed by atoms with van der Waals surface area (Å²) in [5, 5.41) is 3.42. The summed E-state index contributed by atoms with van der Waals surface area (Å²) in [5.74, 6) is 2.20. The molecule has 1 aromatic carbocycles. The fourth-order valence-electron chi connectivity index (χ4n) is 7.14. The predicted octanol–water partition coefficient (Wildman–Crippen LogP) is 3.61. The van der Waals surface area contributed by atoms with E-state index in [4.69, 9.17) is 11.6 Å². The first-order valence-corrected chi connectivity index (χ1v) is 13.9. The third-order valence-electron chi connectivity index (χ3n) is 8.39. The van der Waals surface area contributed by atoms with Crippen LogP contribution in [-0.2, 0) is 10.0 Å². The molecule has 0 radical (unpaired) electrons. The van der Waals surface area contributed by atoms with Crippen LogP contribution in [0.2, 0.25) is 5.02 Å². The summed E-state index contributed by atoms with van der Waals surface area (Å²) >= 11 is 6.34. The smallest absolute Gasteiger partial charge is 0.252 e. The molecule has 6 rings (SSSR count). The van der Waals surface area contributed by atoms with Gasteiger partial charge in [0.15, 0.2) is 0 Å². The van der Waals surface area contributed by atoms with Gasteiger partial charge in [-0.05, 0) is 86.4 Å². The Balaban J connectivity index is 1.29. The van der Waals surface area contributed by atoms with Crippen LogP contribution >= 0.6 is 11.6 Å². The maximum absolute atomic E-state index is 13.2. The molecule has 32 heavy (non-hydrogen) atoms. The van der Waals surface area contributed by atoms with Crippen LogP contribution in [0.5, 0.6) is 0 Å². The van der Waals surface area contributed by atoms with Gasteiger partial charge in [0.05, 0.1) is 15.5 Å². The van der Waals surface area contributed by atoms with Gasteiger partial charge in [-0.15, -0.1) is 0 Å². The van der Waals surface area contributed by atoms with E-state index in [1.165, 1.54) is 61.0 Å². The van der Waals surface area contributed by atoms with Gasteiger partial charge in [0, 0.05) is 32.7 Å².